The number of likely N-dealkylation sites (N-methyl/N-ethyl adjacent to an activating group) is 1. The second kappa shape index (κ2) is 6.91. The molecule has 110 valence electrons. The summed E-state index contributed by atoms with van der Waals surface area (Å²) in [6, 6.07) is 7.54. The van der Waals surface area contributed by atoms with Gasteiger partial charge in [0.15, 0.2) is 0 Å². The highest BCUT2D eigenvalue weighted by Gasteiger charge is 2.30. The molecule has 21 heavy (non-hydrogen) atoms. The van der Waals surface area contributed by atoms with Crippen molar-refractivity contribution in [3.8, 4) is 11.8 Å². The van der Waals surface area contributed by atoms with Gasteiger partial charge in [-0.1, -0.05) is 30.0 Å². The maximum Gasteiger partial charge on any atom is 0.312 e. The number of carbonyl (C=O) groups is 2. The fourth-order valence-corrected chi connectivity index (χ4v) is 2.12. The van der Waals surface area contributed by atoms with E-state index in [2.05, 4.69) is 11.8 Å². The van der Waals surface area contributed by atoms with E-state index < -0.39 is 11.8 Å². The Kier molecular flexibility index (Phi) is 4.96. The first-order valence-corrected chi connectivity index (χ1v) is 6.85. The first kappa shape index (κ1) is 15.1. The minimum Gasteiger partial charge on any atom is -0.395 e. The van der Waals surface area contributed by atoms with E-state index in [1.807, 2.05) is 24.3 Å². The van der Waals surface area contributed by atoms with E-state index in [-0.39, 0.29) is 6.61 Å². The van der Waals surface area contributed by atoms with E-state index in [9.17, 15) is 9.59 Å². The fraction of sp³-hybridized carbons (Fsp3) is 0.375. The van der Waals surface area contributed by atoms with E-state index >= 15 is 0 Å². The van der Waals surface area contributed by atoms with Crippen molar-refractivity contribution < 1.29 is 14.7 Å². The molecule has 0 unspecified atom stereocenters. The second-order valence-electron chi connectivity index (χ2n) is 4.89. The Hall–Kier alpha value is -2.32. The van der Waals surface area contributed by atoms with Gasteiger partial charge in [0.1, 0.15) is 0 Å². The maximum atomic E-state index is 12.0. The average molecular weight is 286 g/mol. The molecule has 0 aromatic heterocycles. The lowest BCUT2D eigenvalue weighted by Gasteiger charge is -2.31. The van der Waals surface area contributed by atoms with Gasteiger partial charge in [-0.15, -0.1) is 0 Å². The average Bonchev–Trinajstić information content (AvgIpc) is 2.50. The predicted molar refractivity (Wildman–Crippen MR) is 78.1 cm³/mol. The zero-order chi connectivity index (χ0) is 15.2. The van der Waals surface area contributed by atoms with Crippen LogP contribution >= 0.6 is 0 Å². The Morgan fingerprint density at radius 1 is 1.19 bits per heavy atom. The van der Waals surface area contributed by atoms with Crippen molar-refractivity contribution in [1.29, 1.82) is 0 Å². The van der Waals surface area contributed by atoms with E-state index in [1.165, 1.54) is 4.90 Å². The number of amides is 2. The smallest absolute Gasteiger partial charge is 0.312 e. The molecule has 1 saturated heterocycles. The molecule has 0 atom stereocenters. The molecule has 1 aromatic rings. The Morgan fingerprint density at radius 2 is 1.95 bits per heavy atom. The van der Waals surface area contributed by atoms with Crippen LogP contribution in [0.5, 0.6) is 0 Å². The highest BCUT2D eigenvalue weighted by Crippen LogP contribution is 2.13. The van der Waals surface area contributed by atoms with Crippen LogP contribution in [-0.4, -0.2) is 53.5 Å². The first-order chi connectivity index (χ1) is 10.1. The number of aliphatic hydroxyl groups excluding tert-OH is 1. The van der Waals surface area contributed by atoms with Gasteiger partial charge in [-0.05, 0) is 11.6 Å². The molecule has 0 saturated carbocycles. The van der Waals surface area contributed by atoms with Crippen molar-refractivity contribution >= 4 is 11.8 Å². The molecular formula is C16H18N2O3. The summed E-state index contributed by atoms with van der Waals surface area (Å²) in [6.07, 6.45) is 0.417. The molecule has 1 aromatic carbocycles. The summed E-state index contributed by atoms with van der Waals surface area (Å²) >= 11 is 0. The fourth-order valence-electron chi connectivity index (χ4n) is 2.12. The van der Waals surface area contributed by atoms with Crippen LogP contribution in [-0.2, 0) is 16.1 Å². The second-order valence-corrected chi connectivity index (χ2v) is 4.89. The molecule has 0 aliphatic carbocycles. The molecule has 0 radical (unpaired) electrons. The number of nitrogens with zero attached hydrogens (tertiary/aromatic N) is 2. The highest BCUT2D eigenvalue weighted by atomic mass is 16.3. The number of hydrogen-bond acceptors (Lipinski definition) is 3. The molecule has 0 spiro atoms. The number of hydrogen-bond donors (Lipinski definition) is 1. The lowest BCUT2D eigenvalue weighted by atomic mass is 10.1. The standard InChI is InChI=1S/C16H18N2O3/c1-17-9-10-18(16(21)15(17)20)12-14-8-3-2-6-13(14)7-4-5-11-19/h2-3,6,8,19H,5,9-12H2,1H3. The summed E-state index contributed by atoms with van der Waals surface area (Å²) in [5.74, 6) is 4.93. The normalized spacial score (nSPS) is 15.0. The third-order valence-electron chi connectivity index (χ3n) is 3.36. The quantitative estimate of drug-likeness (QED) is 0.639. The maximum absolute atomic E-state index is 12.0. The third-order valence-corrected chi connectivity index (χ3v) is 3.36. The summed E-state index contributed by atoms with van der Waals surface area (Å²) in [7, 11) is 1.63. The van der Waals surface area contributed by atoms with Gasteiger partial charge in [-0.25, -0.2) is 0 Å². The number of carbonyl (C=O) groups excluding carboxylic acids is 2. The van der Waals surface area contributed by atoms with Crippen molar-refractivity contribution in [3.05, 3.63) is 35.4 Å². The summed E-state index contributed by atoms with van der Waals surface area (Å²) in [4.78, 5) is 26.7. The van der Waals surface area contributed by atoms with Crippen LogP contribution in [0.3, 0.4) is 0 Å². The van der Waals surface area contributed by atoms with Crippen LogP contribution in [0.4, 0.5) is 0 Å². The largest absolute Gasteiger partial charge is 0.395 e. The van der Waals surface area contributed by atoms with E-state index in [4.69, 9.17) is 5.11 Å². The third kappa shape index (κ3) is 3.61. The molecule has 1 aliphatic heterocycles. The van der Waals surface area contributed by atoms with Crippen LogP contribution in [0, 0.1) is 11.8 Å². The van der Waals surface area contributed by atoms with Gasteiger partial charge in [0.05, 0.1) is 6.61 Å². The number of aliphatic hydroxyl groups is 1. The van der Waals surface area contributed by atoms with Gasteiger partial charge in [0.25, 0.3) is 0 Å². The summed E-state index contributed by atoms with van der Waals surface area (Å²) in [5.41, 5.74) is 1.73. The van der Waals surface area contributed by atoms with Gasteiger partial charge in [-0.3, -0.25) is 9.59 Å². The molecular weight excluding hydrogens is 268 g/mol. The molecule has 1 heterocycles. The molecule has 1 N–H and O–H groups in total. The lowest BCUT2D eigenvalue weighted by Crippen LogP contribution is -2.52. The molecule has 1 fully saturated rings. The van der Waals surface area contributed by atoms with E-state index in [0.717, 1.165) is 11.1 Å². The first-order valence-electron chi connectivity index (χ1n) is 6.85. The van der Waals surface area contributed by atoms with Gasteiger partial charge < -0.3 is 14.9 Å². The Morgan fingerprint density at radius 3 is 2.71 bits per heavy atom. The predicted octanol–water partition coefficient (Wildman–Crippen LogP) is 0.221. The zero-order valence-electron chi connectivity index (χ0n) is 12.0. The Bertz CT molecular complexity index is 601. The number of rotatable bonds is 3. The minimum absolute atomic E-state index is 0.0284. The topological polar surface area (TPSA) is 60.9 Å². The monoisotopic (exact) mass is 286 g/mol. The van der Waals surface area contributed by atoms with Crippen molar-refractivity contribution in [2.75, 3.05) is 26.7 Å². The van der Waals surface area contributed by atoms with Gasteiger partial charge in [0, 0.05) is 38.7 Å². The van der Waals surface area contributed by atoms with Crippen molar-refractivity contribution in [1.82, 2.24) is 9.80 Å². The summed E-state index contributed by atoms with van der Waals surface area (Å²) in [5, 5.41) is 8.77. The summed E-state index contributed by atoms with van der Waals surface area (Å²) in [6.45, 7) is 1.48. The molecule has 5 heteroatoms. The zero-order valence-corrected chi connectivity index (χ0v) is 12.0. The van der Waals surface area contributed by atoms with Crippen molar-refractivity contribution in [2.45, 2.75) is 13.0 Å². The molecule has 5 nitrogen and oxygen atoms in total. The van der Waals surface area contributed by atoms with Gasteiger partial charge in [0.2, 0.25) is 0 Å². The van der Waals surface area contributed by atoms with Crippen LogP contribution in [0.2, 0.25) is 0 Å². The highest BCUT2D eigenvalue weighted by molar-refractivity contribution is 6.35. The van der Waals surface area contributed by atoms with Gasteiger partial charge >= 0.3 is 11.8 Å². The SMILES string of the molecule is CN1CCN(Cc2ccccc2C#CCCO)C(=O)C1=O. The number of benzene rings is 1. The molecule has 2 amide bonds. The lowest BCUT2D eigenvalue weighted by molar-refractivity contribution is -0.155. The van der Waals surface area contributed by atoms with Crippen molar-refractivity contribution in [3.63, 3.8) is 0 Å². The van der Waals surface area contributed by atoms with Crippen LogP contribution < -0.4 is 0 Å². The minimum atomic E-state index is -0.470. The van der Waals surface area contributed by atoms with Crippen LogP contribution in [0.1, 0.15) is 17.5 Å². The van der Waals surface area contributed by atoms with Crippen molar-refractivity contribution in [2.24, 2.45) is 0 Å². The Balaban J connectivity index is 2.15. The van der Waals surface area contributed by atoms with E-state index in [0.29, 0.717) is 26.1 Å². The number of piperazine rings is 1. The van der Waals surface area contributed by atoms with E-state index in [1.54, 1.807) is 11.9 Å². The van der Waals surface area contributed by atoms with Gasteiger partial charge in [-0.2, -0.15) is 0 Å². The molecule has 1 aliphatic rings. The summed E-state index contributed by atoms with van der Waals surface area (Å²) < 4.78 is 0. The van der Waals surface area contributed by atoms with Crippen LogP contribution in [0.25, 0.3) is 0 Å². The molecule has 2 rings (SSSR count). The Labute approximate surface area is 124 Å². The van der Waals surface area contributed by atoms with Crippen LogP contribution in [0.15, 0.2) is 24.3 Å². The molecule has 0 bridgehead atoms.